The Bertz CT molecular complexity index is 438. The summed E-state index contributed by atoms with van der Waals surface area (Å²) in [5, 5.41) is 0. The first-order chi connectivity index (χ1) is 8.30. The van der Waals surface area contributed by atoms with E-state index in [1.54, 1.807) is 13.2 Å². The third-order valence-corrected chi connectivity index (χ3v) is 2.10. The second-order valence-electron chi connectivity index (χ2n) is 3.36. The molecule has 0 aromatic heterocycles. The molecule has 1 aromatic carbocycles. The molecule has 0 bridgehead atoms. The maximum Gasteiger partial charge on any atom is 0.119 e. The quantitative estimate of drug-likeness (QED) is 0.548. The summed E-state index contributed by atoms with van der Waals surface area (Å²) in [6, 6.07) is 7.60. The molecule has 88 valence electrons. The maximum atomic E-state index is 5.08. The van der Waals surface area contributed by atoms with Gasteiger partial charge in [-0.1, -0.05) is 30.9 Å². The number of rotatable bonds is 5. The molecule has 0 aliphatic rings. The summed E-state index contributed by atoms with van der Waals surface area (Å²) >= 11 is 0. The van der Waals surface area contributed by atoms with E-state index in [2.05, 4.69) is 11.6 Å². The topological polar surface area (TPSA) is 21.6 Å². The van der Waals surface area contributed by atoms with Crippen LogP contribution in [0.15, 0.2) is 65.7 Å². The van der Waals surface area contributed by atoms with Crippen LogP contribution in [0.2, 0.25) is 0 Å². The predicted octanol–water partition coefficient (Wildman–Crippen LogP) is 4.09. The molecule has 0 spiro atoms. The summed E-state index contributed by atoms with van der Waals surface area (Å²) < 4.78 is 5.08. The molecule has 0 radical (unpaired) electrons. The SMILES string of the molecule is C=C/C=C(C=Nc1ccc(OC)cc1)\C=C/C. The molecule has 17 heavy (non-hydrogen) atoms. The fraction of sp³-hybridized carbons (Fsp3) is 0.133. The summed E-state index contributed by atoms with van der Waals surface area (Å²) in [6.07, 6.45) is 9.41. The number of hydrogen-bond donors (Lipinski definition) is 0. The summed E-state index contributed by atoms with van der Waals surface area (Å²) in [6.45, 7) is 5.64. The highest BCUT2D eigenvalue weighted by Crippen LogP contribution is 2.17. The number of allylic oxidation sites excluding steroid dienone is 5. The monoisotopic (exact) mass is 227 g/mol. The van der Waals surface area contributed by atoms with Crippen molar-refractivity contribution in [2.45, 2.75) is 6.92 Å². The van der Waals surface area contributed by atoms with Gasteiger partial charge < -0.3 is 4.74 Å². The number of methoxy groups -OCH3 is 1. The van der Waals surface area contributed by atoms with E-state index in [0.29, 0.717) is 0 Å². The van der Waals surface area contributed by atoms with Gasteiger partial charge in [0.05, 0.1) is 12.8 Å². The van der Waals surface area contributed by atoms with E-state index in [4.69, 9.17) is 4.74 Å². The van der Waals surface area contributed by atoms with Gasteiger partial charge in [-0.3, -0.25) is 4.99 Å². The highest BCUT2D eigenvalue weighted by Gasteiger charge is 1.91. The first kappa shape index (κ1) is 13.0. The van der Waals surface area contributed by atoms with Crippen LogP contribution in [0.1, 0.15) is 6.92 Å². The molecular formula is C15H17NO. The van der Waals surface area contributed by atoms with Gasteiger partial charge in [0.1, 0.15) is 5.75 Å². The minimum atomic E-state index is 0.833. The van der Waals surface area contributed by atoms with Crippen LogP contribution in [0, 0.1) is 0 Å². The highest BCUT2D eigenvalue weighted by atomic mass is 16.5. The lowest BCUT2D eigenvalue weighted by molar-refractivity contribution is 0.415. The van der Waals surface area contributed by atoms with E-state index in [1.165, 1.54) is 0 Å². The molecule has 2 nitrogen and oxygen atoms in total. The predicted molar refractivity (Wildman–Crippen MR) is 74.2 cm³/mol. The van der Waals surface area contributed by atoms with Crippen LogP contribution < -0.4 is 4.74 Å². The van der Waals surface area contributed by atoms with Crippen LogP contribution in [-0.2, 0) is 0 Å². The summed E-state index contributed by atoms with van der Waals surface area (Å²) in [4.78, 5) is 4.37. The first-order valence-corrected chi connectivity index (χ1v) is 5.43. The molecule has 2 heteroatoms. The van der Waals surface area contributed by atoms with Gasteiger partial charge in [0.2, 0.25) is 0 Å². The van der Waals surface area contributed by atoms with Crippen molar-refractivity contribution in [2.75, 3.05) is 7.11 Å². The Balaban J connectivity index is 2.80. The number of ether oxygens (including phenoxy) is 1. The summed E-state index contributed by atoms with van der Waals surface area (Å²) in [5.74, 6) is 0.833. The zero-order chi connectivity index (χ0) is 12.5. The Labute approximate surface area is 103 Å². The summed E-state index contributed by atoms with van der Waals surface area (Å²) in [7, 11) is 1.65. The molecule has 0 unspecified atom stereocenters. The van der Waals surface area contributed by atoms with Crippen LogP contribution in [0.4, 0.5) is 5.69 Å². The lowest BCUT2D eigenvalue weighted by Gasteiger charge is -1.98. The van der Waals surface area contributed by atoms with Crippen molar-refractivity contribution in [1.82, 2.24) is 0 Å². The Morgan fingerprint density at radius 2 is 2.00 bits per heavy atom. The summed E-state index contributed by atoms with van der Waals surface area (Å²) in [5.41, 5.74) is 1.91. The molecule has 0 saturated carbocycles. The lowest BCUT2D eigenvalue weighted by atomic mass is 10.2. The van der Waals surface area contributed by atoms with Crippen molar-refractivity contribution >= 4 is 11.9 Å². The molecule has 0 fully saturated rings. The van der Waals surface area contributed by atoms with E-state index in [0.717, 1.165) is 17.0 Å². The smallest absolute Gasteiger partial charge is 0.119 e. The molecule has 0 heterocycles. The molecule has 1 aromatic rings. The Morgan fingerprint density at radius 1 is 1.29 bits per heavy atom. The largest absolute Gasteiger partial charge is 0.497 e. The van der Waals surface area contributed by atoms with Gasteiger partial charge in [-0.05, 0) is 36.8 Å². The van der Waals surface area contributed by atoms with Crippen molar-refractivity contribution in [3.63, 3.8) is 0 Å². The minimum absolute atomic E-state index is 0.833. The first-order valence-electron chi connectivity index (χ1n) is 5.43. The van der Waals surface area contributed by atoms with Crippen molar-refractivity contribution in [3.8, 4) is 5.75 Å². The Kier molecular flexibility index (Phi) is 5.52. The minimum Gasteiger partial charge on any atom is -0.497 e. The second kappa shape index (κ2) is 7.23. The van der Waals surface area contributed by atoms with Gasteiger partial charge in [-0.25, -0.2) is 0 Å². The van der Waals surface area contributed by atoms with E-state index >= 15 is 0 Å². The van der Waals surface area contributed by atoms with Gasteiger partial charge in [0.25, 0.3) is 0 Å². The maximum absolute atomic E-state index is 5.08. The van der Waals surface area contributed by atoms with Crippen LogP contribution in [-0.4, -0.2) is 13.3 Å². The molecular weight excluding hydrogens is 210 g/mol. The second-order valence-corrected chi connectivity index (χ2v) is 3.36. The fourth-order valence-corrected chi connectivity index (χ4v) is 1.29. The normalized spacial score (nSPS) is 12.2. The Morgan fingerprint density at radius 3 is 2.53 bits per heavy atom. The van der Waals surface area contributed by atoms with Gasteiger partial charge in [-0.2, -0.15) is 0 Å². The average Bonchev–Trinajstić information content (AvgIpc) is 2.37. The van der Waals surface area contributed by atoms with Crippen molar-refractivity contribution in [1.29, 1.82) is 0 Å². The highest BCUT2D eigenvalue weighted by molar-refractivity contribution is 5.84. The van der Waals surface area contributed by atoms with Gasteiger partial charge in [0.15, 0.2) is 0 Å². The third-order valence-electron chi connectivity index (χ3n) is 2.10. The number of nitrogens with zero attached hydrogens (tertiary/aromatic N) is 1. The van der Waals surface area contributed by atoms with Gasteiger partial charge >= 0.3 is 0 Å². The van der Waals surface area contributed by atoms with Crippen LogP contribution in [0.25, 0.3) is 0 Å². The van der Waals surface area contributed by atoms with Crippen LogP contribution in [0.5, 0.6) is 5.75 Å². The Hall–Kier alpha value is -2.09. The number of hydrogen-bond acceptors (Lipinski definition) is 2. The molecule has 1 rings (SSSR count). The molecule has 0 aliphatic carbocycles. The fourth-order valence-electron chi connectivity index (χ4n) is 1.29. The lowest BCUT2D eigenvalue weighted by Crippen LogP contribution is -1.81. The zero-order valence-corrected chi connectivity index (χ0v) is 10.3. The van der Waals surface area contributed by atoms with E-state index in [9.17, 15) is 0 Å². The number of aliphatic imine (C=N–C) groups is 1. The van der Waals surface area contributed by atoms with E-state index in [-0.39, 0.29) is 0 Å². The molecule has 0 saturated heterocycles. The van der Waals surface area contributed by atoms with Gasteiger partial charge in [0, 0.05) is 6.21 Å². The van der Waals surface area contributed by atoms with E-state index < -0.39 is 0 Å². The average molecular weight is 227 g/mol. The van der Waals surface area contributed by atoms with Crippen molar-refractivity contribution in [2.24, 2.45) is 4.99 Å². The number of benzene rings is 1. The van der Waals surface area contributed by atoms with E-state index in [1.807, 2.05) is 55.6 Å². The van der Waals surface area contributed by atoms with Gasteiger partial charge in [-0.15, -0.1) is 0 Å². The molecule has 0 N–H and O–H groups in total. The molecule has 0 amide bonds. The molecule has 0 aliphatic heterocycles. The molecule has 0 atom stereocenters. The zero-order valence-electron chi connectivity index (χ0n) is 10.3. The van der Waals surface area contributed by atoms with Crippen LogP contribution in [0.3, 0.4) is 0 Å². The third kappa shape index (κ3) is 4.51. The van der Waals surface area contributed by atoms with Crippen LogP contribution >= 0.6 is 0 Å². The standard InChI is InChI=1S/C15H17NO/c1-4-6-13(7-5-2)12-16-14-8-10-15(17-3)11-9-14/h4-12H,1H2,2-3H3/b7-5-,13-6+,16-12?. The van der Waals surface area contributed by atoms with Crippen molar-refractivity contribution < 1.29 is 4.74 Å². The van der Waals surface area contributed by atoms with Crippen molar-refractivity contribution in [3.05, 3.63) is 60.7 Å².